The van der Waals surface area contributed by atoms with Gasteiger partial charge < -0.3 is 4.55 Å². The summed E-state index contributed by atoms with van der Waals surface area (Å²) in [6.45, 7) is 11.9. The highest BCUT2D eigenvalue weighted by Gasteiger charge is 2.36. The van der Waals surface area contributed by atoms with E-state index in [1.807, 2.05) is 0 Å². The summed E-state index contributed by atoms with van der Waals surface area (Å²) in [7, 11) is -6.53. The van der Waals surface area contributed by atoms with Crippen molar-refractivity contribution >= 4 is 29.1 Å². The molecule has 1 aromatic rings. The van der Waals surface area contributed by atoms with E-state index in [1.165, 1.54) is 28.0 Å². The zero-order valence-corrected chi connectivity index (χ0v) is 18.4. The van der Waals surface area contributed by atoms with Gasteiger partial charge in [0.2, 0.25) is 0 Å². The molecular formula is C17H27F3O3S2Si. The monoisotopic (exact) mass is 428 g/mol. The van der Waals surface area contributed by atoms with Crippen LogP contribution in [0.1, 0.15) is 19.4 Å². The van der Waals surface area contributed by atoms with Crippen LogP contribution in [0, 0.1) is 0 Å². The molecule has 0 spiro atoms. The summed E-state index contributed by atoms with van der Waals surface area (Å²) < 4.78 is 58.9. The first-order valence-electron chi connectivity index (χ1n) is 7.95. The summed E-state index contributed by atoms with van der Waals surface area (Å²) in [5.74, 6) is 2.52. The van der Waals surface area contributed by atoms with Gasteiger partial charge in [-0.3, -0.25) is 0 Å². The van der Waals surface area contributed by atoms with E-state index in [2.05, 4.69) is 69.9 Å². The summed E-state index contributed by atoms with van der Waals surface area (Å²) in [5.41, 5.74) is -2.69. The molecule has 0 aliphatic carbocycles. The Morgan fingerprint density at radius 1 is 1.15 bits per heavy atom. The lowest BCUT2D eigenvalue weighted by Gasteiger charge is -2.16. The maximum Gasteiger partial charge on any atom is 0.485 e. The van der Waals surface area contributed by atoms with Crippen LogP contribution in [0.4, 0.5) is 13.2 Å². The normalized spacial score (nSPS) is 13.4. The Labute approximate surface area is 158 Å². The first-order valence-corrected chi connectivity index (χ1v) is 14.8. The second kappa shape index (κ2) is 10.5. The number of rotatable bonds is 6. The zero-order chi connectivity index (χ0) is 20.6. The van der Waals surface area contributed by atoms with Crippen molar-refractivity contribution < 1.29 is 26.1 Å². The molecule has 1 atom stereocenters. The third kappa shape index (κ3) is 12.6. The van der Waals surface area contributed by atoms with E-state index in [0.717, 1.165) is 0 Å². The van der Waals surface area contributed by atoms with Crippen LogP contribution in [-0.2, 0) is 26.8 Å². The van der Waals surface area contributed by atoms with Gasteiger partial charge in [0, 0.05) is 5.56 Å². The molecule has 0 bridgehead atoms. The topological polar surface area (TPSA) is 57.2 Å². The predicted octanol–water partition coefficient (Wildman–Crippen LogP) is 4.70. The molecule has 3 nitrogen and oxygen atoms in total. The van der Waals surface area contributed by atoms with Gasteiger partial charge in [0.1, 0.15) is 19.6 Å². The molecule has 0 N–H and O–H groups in total. The van der Waals surface area contributed by atoms with Gasteiger partial charge in [-0.05, 0) is 30.8 Å². The Kier molecular flexibility index (Phi) is 10.2. The lowest BCUT2D eigenvalue weighted by atomic mass is 10.2. The number of allylic oxidation sites excluding steroid dienone is 1. The number of halogens is 3. The van der Waals surface area contributed by atoms with Gasteiger partial charge in [-0.1, -0.05) is 55.5 Å². The van der Waals surface area contributed by atoms with Crippen molar-refractivity contribution in [3.05, 3.63) is 47.5 Å². The van der Waals surface area contributed by atoms with Crippen LogP contribution < -0.4 is 0 Å². The van der Waals surface area contributed by atoms with Crippen LogP contribution in [0.15, 0.2) is 42.0 Å². The predicted molar refractivity (Wildman–Crippen MR) is 106 cm³/mol. The van der Waals surface area contributed by atoms with Crippen molar-refractivity contribution in [2.24, 2.45) is 0 Å². The Hall–Kier alpha value is -0.773. The van der Waals surface area contributed by atoms with Gasteiger partial charge in [-0.15, -0.1) is 0 Å². The van der Waals surface area contributed by atoms with E-state index in [1.54, 1.807) is 0 Å². The largest absolute Gasteiger partial charge is 0.741 e. The first-order chi connectivity index (χ1) is 11.6. The summed E-state index contributed by atoms with van der Waals surface area (Å²) in [5, 5.41) is 1.45. The molecule has 0 fully saturated rings. The SMILES string of the molecule is CC(C)=CC[S+](Cc1ccccc1)C[Si](C)(C)C.O=S(=O)([O-])C(F)(F)F. The lowest BCUT2D eigenvalue weighted by molar-refractivity contribution is -0.0517. The molecule has 26 heavy (non-hydrogen) atoms. The number of hydrogen-bond donors (Lipinski definition) is 0. The van der Waals surface area contributed by atoms with E-state index < -0.39 is 23.7 Å². The molecule has 0 aromatic heterocycles. The fraction of sp³-hybridized carbons (Fsp3) is 0.529. The molecule has 150 valence electrons. The minimum absolute atomic E-state index is 0.520. The van der Waals surface area contributed by atoms with E-state index in [0.29, 0.717) is 10.9 Å². The Morgan fingerprint density at radius 2 is 1.62 bits per heavy atom. The lowest BCUT2D eigenvalue weighted by Crippen LogP contribution is -2.34. The highest BCUT2D eigenvalue weighted by Crippen LogP contribution is 2.20. The maximum atomic E-state index is 10.7. The van der Waals surface area contributed by atoms with Crippen molar-refractivity contribution in [3.8, 4) is 0 Å². The molecular weight excluding hydrogens is 401 g/mol. The van der Waals surface area contributed by atoms with Crippen LogP contribution in [0.5, 0.6) is 0 Å². The van der Waals surface area contributed by atoms with Crippen molar-refractivity contribution in [2.45, 2.75) is 44.7 Å². The highest BCUT2D eigenvalue weighted by molar-refractivity contribution is 7.97. The second-order valence-electron chi connectivity index (χ2n) is 7.30. The molecule has 1 rings (SSSR count). The van der Waals surface area contributed by atoms with Gasteiger partial charge in [-0.25, -0.2) is 8.42 Å². The van der Waals surface area contributed by atoms with Crippen LogP contribution in [0.2, 0.25) is 19.6 Å². The summed E-state index contributed by atoms with van der Waals surface area (Å²) in [6.07, 6.45) is 2.42. The molecule has 1 unspecified atom stereocenters. The Bertz CT molecular complexity index is 663. The maximum absolute atomic E-state index is 10.7. The van der Waals surface area contributed by atoms with Crippen molar-refractivity contribution in [1.82, 2.24) is 0 Å². The van der Waals surface area contributed by atoms with Crippen molar-refractivity contribution in [2.75, 3.05) is 11.1 Å². The molecule has 0 aliphatic rings. The first kappa shape index (κ1) is 25.2. The third-order valence-corrected chi connectivity index (χ3v) is 9.91. The van der Waals surface area contributed by atoms with Gasteiger partial charge in [-0.2, -0.15) is 13.2 Å². The number of alkyl halides is 3. The van der Waals surface area contributed by atoms with E-state index in [-0.39, 0.29) is 0 Å². The molecule has 9 heteroatoms. The smallest absolute Gasteiger partial charge is 0.485 e. The molecule has 0 radical (unpaired) electrons. The molecule has 0 heterocycles. The van der Waals surface area contributed by atoms with Gasteiger partial charge in [0.25, 0.3) is 0 Å². The van der Waals surface area contributed by atoms with Crippen molar-refractivity contribution in [1.29, 1.82) is 0 Å². The quantitative estimate of drug-likeness (QED) is 0.217. The fourth-order valence-corrected chi connectivity index (χ4v) is 9.01. The third-order valence-electron chi connectivity index (χ3n) is 2.86. The minimum atomic E-state index is -6.09. The summed E-state index contributed by atoms with van der Waals surface area (Å²) >= 11 is 0. The van der Waals surface area contributed by atoms with Crippen LogP contribution in [-0.4, -0.2) is 37.7 Å². The van der Waals surface area contributed by atoms with E-state index >= 15 is 0 Å². The number of benzene rings is 1. The average Bonchev–Trinajstić information content (AvgIpc) is 2.43. The molecule has 0 saturated carbocycles. The van der Waals surface area contributed by atoms with Crippen molar-refractivity contribution in [3.63, 3.8) is 0 Å². The Balaban J connectivity index is 0.000000660. The molecule has 0 aliphatic heterocycles. The van der Waals surface area contributed by atoms with Gasteiger partial charge in [0.05, 0.1) is 5.38 Å². The van der Waals surface area contributed by atoms with E-state index in [9.17, 15) is 13.2 Å². The zero-order valence-electron chi connectivity index (χ0n) is 15.8. The Morgan fingerprint density at radius 3 is 1.96 bits per heavy atom. The number of hydrogen-bond acceptors (Lipinski definition) is 3. The fourth-order valence-electron chi connectivity index (χ4n) is 1.88. The van der Waals surface area contributed by atoms with Gasteiger partial charge >= 0.3 is 5.51 Å². The van der Waals surface area contributed by atoms with Gasteiger partial charge in [0.15, 0.2) is 10.1 Å². The second-order valence-corrected chi connectivity index (χ2v) is 16.8. The molecule has 1 aromatic carbocycles. The summed E-state index contributed by atoms with van der Waals surface area (Å²) in [6, 6.07) is 11.0. The highest BCUT2D eigenvalue weighted by atomic mass is 32.2. The average molecular weight is 429 g/mol. The molecule has 0 amide bonds. The molecule has 0 saturated heterocycles. The standard InChI is InChI=1S/C16H27SSi.CHF3O3S/c1-15(2)11-12-17(14-18(3,4)5)13-16-9-7-6-8-10-16;2-1(3,4)8(5,6)7/h6-11H,12-14H2,1-5H3;(H,5,6,7)/q+1;/p-1. The van der Waals surface area contributed by atoms with Crippen LogP contribution in [0.25, 0.3) is 0 Å². The van der Waals surface area contributed by atoms with Crippen LogP contribution in [0.3, 0.4) is 0 Å². The van der Waals surface area contributed by atoms with Crippen LogP contribution >= 0.6 is 0 Å². The summed E-state index contributed by atoms with van der Waals surface area (Å²) in [4.78, 5) is 0. The van der Waals surface area contributed by atoms with E-state index in [4.69, 9.17) is 13.0 Å². The minimum Gasteiger partial charge on any atom is -0.741 e.